The zero-order valence-corrected chi connectivity index (χ0v) is 19.7. The molecule has 0 aromatic heterocycles. The number of benzene rings is 3. The molecule has 35 heavy (non-hydrogen) atoms. The van der Waals surface area contributed by atoms with Crippen LogP contribution in [0, 0.1) is 0 Å². The van der Waals surface area contributed by atoms with Gasteiger partial charge in [0.25, 0.3) is 0 Å². The predicted octanol–water partition coefficient (Wildman–Crippen LogP) is 5.08. The maximum absolute atomic E-state index is 12.8. The first-order valence-corrected chi connectivity index (χ1v) is 12.3. The first-order chi connectivity index (χ1) is 17.2. The minimum Gasteiger partial charge on any atom is -0.351 e. The molecular weight excluding hydrogens is 440 g/mol. The number of amides is 2. The molecule has 1 unspecified atom stereocenters. The Balaban J connectivity index is 1.15. The summed E-state index contributed by atoms with van der Waals surface area (Å²) in [5, 5.41) is 3.09. The van der Waals surface area contributed by atoms with Crippen molar-refractivity contribution >= 4 is 12.0 Å². The number of hydrogen-bond acceptors (Lipinski definition) is 4. The van der Waals surface area contributed by atoms with E-state index in [1.165, 1.54) is 22.3 Å². The van der Waals surface area contributed by atoms with Gasteiger partial charge in [0.05, 0.1) is 6.42 Å². The van der Waals surface area contributed by atoms with E-state index in [9.17, 15) is 9.59 Å². The largest absolute Gasteiger partial charge is 0.441 e. The van der Waals surface area contributed by atoms with Crippen LogP contribution in [0.1, 0.15) is 41.9 Å². The second-order valence-corrected chi connectivity index (χ2v) is 9.23. The summed E-state index contributed by atoms with van der Waals surface area (Å²) in [5.74, 6) is -0.0180. The number of likely N-dealkylation sites (tertiary alicyclic amines) is 1. The Kier molecular flexibility index (Phi) is 7.09. The Bertz CT molecular complexity index is 1130. The van der Waals surface area contributed by atoms with Crippen LogP contribution in [0.5, 0.6) is 0 Å². The van der Waals surface area contributed by atoms with Gasteiger partial charge in [-0.25, -0.2) is 4.79 Å². The van der Waals surface area contributed by atoms with Crippen LogP contribution in [0.4, 0.5) is 4.79 Å². The summed E-state index contributed by atoms with van der Waals surface area (Å²) >= 11 is 0. The van der Waals surface area contributed by atoms with Gasteiger partial charge in [-0.15, -0.1) is 0 Å². The van der Waals surface area contributed by atoms with Crippen molar-refractivity contribution in [2.75, 3.05) is 19.7 Å². The van der Waals surface area contributed by atoms with Gasteiger partial charge in [-0.2, -0.15) is 4.89 Å². The van der Waals surface area contributed by atoms with Crippen molar-refractivity contribution < 1.29 is 19.4 Å². The van der Waals surface area contributed by atoms with Crippen molar-refractivity contribution in [1.82, 2.24) is 10.2 Å². The maximum atomic E-state index is 12.8. The van der Waals surface area contributed by atoms with Crippen LogP contribution in [-0.2, 0) is 21.0 Å². The fourth-order valence-electron chi connectivity index (χ4n) is 5.13. The number of carbonyl (C=O) groups excluding carboxylic acids is 2. The second kappa shape index (κ2) is 10.7. The average molecular weight is 471 g/mol. The van der Waals surface area contributed by atoms with Crippen molar-refractivity contribution in [2.24, 2.45) is 0 Å². The summed E-state index contributed by atoms with van der Waals surface area (Å²) in [4.78, 5) is 37.7. The normalized spacial score (nSPS) is 17.3. The molecule has 0 spiro atoms. The molecule has 0 bridgehead atoms. The topological polar surface area (TPSA) is 67.9 Å². The second-order valence-electron chi connectivity index (χ2n) is 9.23. The highest BCUT2D eigenvalue weighted by Crippen LogP contribution is 2.44. The SMILES string of the molecule is O=C(Cc1ccccc1)NC1CCCCN(C(=O)OOCC2c3ccccc3-c3ccccc32)C1. The number of carbonyl (C=O) groups is 2. The van der Waals surface area contributed by atoms with E-state index in [0.29, 0.717) is 19.5 Å². The molecular formula is C29H30N2O4. The van der Waals surface area contributed by atoms with Crippen molar-refractivity contribution in [1.29, 1.82) is 0 Å². The Morgan fingerprint density at radius 3 is 2.23 bits per heavy atom. The molecule has 0 radical (unpaired) electrons. The summed E-state index contributed by atoms with van der Waals surface area (Å²) < 4.78 is 0. The highest BCUT2D eigenvalue weighted by Gasteiger charge is 2.30. The van der Waals surface area contributed by atoms with Crippen LogP contribution in [0.2, 0.25) is 0 Å². The first-order valence-electron chi connectivity index (χ1n) is 12.3. The molecule has 1 aliphatic carbocycles. The molecule has 2 aliphatic rings. The molecule has 1 N–H and O–H groups in total. The van der Waals surface area contributed by atoms with E-state index in [-0.39, 0.29) is 24.5 Å². The van der Waals surface area contributed by atoms with E-state index in [4.69, 9.17) is 9.78 Å². The van der Waals surface area contributed by atoms with Gasteiger partial charge in [-0.1, -0.05) is 78.9 Å². The minimum atomic E-state index is -0.506. The van der Waals surface area contributed by atoms with Crippen LogP contribution in [0.25, 0.3) is 11.1 Å². The Labute approximate surface area is 205 Å². The number of nitrogens with one attached hydrogen (secondary N) is 1. The molecule has 6 nitrogen and oxygen atoms in total. The summed E-state index contributed by atoms with van der Waals surface area (Å²) in [6.07, 6.45) is 2.46. The van der Waals surface area contributed by atoms with Gasteiger partial charge < -0.3 is 10.2 Å². The quantitative estimate of drug-likeness (QED) is 0.403. The summed E-state index contributed by atoms with van der Waals surface area (Å²) in [6, 6.07) is 26.1. The average Bonchev–Trinajstić information content (AvgIpc) is 3.01. The summed E-state index contributed by atoms with van der Waals surface area (Å²) in [7, 11) is 0. The molecule has 6 heteroatoms. The van der Waals surface area contributed by atoms with Crippen LogP contribution in [0.3, 0.4) is 0 Å². The van der Waals surface area contributed by atoms with Gasteiger partial charge in [-0.05, 0) is 47.1 Å². The van der Waals surface area contributed by atoms with E-state index < -0.39 is 6.09 Å². The zero-order chi connectivity index (χ0) is 24.0. The third kappa shape index (κ3) is 5.38. The molecule has 1 fully saturated rings. The van der Waals surface area contributed by atoms with E-state index in [2.05, 4.69) is 29.6 Å². The van der Waals surface area contributed by atoms with Crippen LogP contribution < -0.4 is 5.32 Å². The van der Waals surface area contributed by atoms with E-state index in [1.54, 1.807) is 4.90 Å². The molecule has 3 aromatic rings. The highest BCUT2D eigenvalue weighted by atomic mass is 17.2. The van der Waals surface area contributed by atoms with Crippen LogP contribution in [-0.4, -0.2) is 42.6 Å². The Hall–Kier alpha value is -3.64. The monoisotopic (exact) mass is 470 g/mol. The van der Waals surface area contributed by atoms with Crippen molar-refractivity contribution in [3.63, 3.8) is 0 Å². The van der Waals surface area contributed by atoms with Gasteiger partial charge in [0.2, 0.25) is 5.91 Å². The first kappa shape index (κ1) is 23.1. The van der Waals surface area contributed by atoms with Crippen LogP contribution in [0.15, 0.2) is 78.9 Å². The molecule has 5 rings (SSSR count). The lowest BCUT2D eigenvalue weighted by Crippen LogP contribution is -2.45. The lowest BCUT2D eigenvalue weighted by molar-refractivity contribution is -0.247. The zero-order valence-electron chi connectivity index (χ0n) is 19.7. The van der Waals surface area contributed by atoms with Gasteiger partial charge in [0, 0.05) is 25.0 Å². The van der Waals surface area contributed by atoms with Gasteiger partial charge in [0.15, 0.2) is 0 Å². The van der Waals surface area contributed by atoms with Crippen molar-refractivity contribution in [3.8, 4) is 11.1 Å². The predicted molar refractivity (Wildman–Crippen MR) is 134 cm³/mol. The standard InChI is InChI=1S/C29H30N2O4/c32-28(18-21-10-2-1-3-11-21)30-22-12-8-9-17-31(19-22)29(33)35-34-20-27-25-15-6-4-13-23(25)24-14-5-7-16-26(24)27/h1-7,10-11,13-16,22,27H,8-9,12,17-20H2,(H,30,32). The Morgan fingerprint density at radius 2 is 1.51 bits per heavy atom. The Morgan fingerprint density at radius 1 is 0.857 bits per heavy atom. The van der Waals surface area contributed by atoms with Gasteiger partial charge >= 0.3 is 6.09 Å². The van der Waals surface area contributed by atoms with Gasteiger partial charge in [0.1, 0.15) is 6.61 Å². The minimum absolute atomic E-state index is 0.0179. The number of hydrogen-bond donors (Lipinski definition) is 1. The van der Waals surface area contributed by atoms with Crippen molar-refractivity contribution in [2.45, 2.75) is 37.6 Å². The lowest BCUT2D eigenvalue weighted by Gasteiger charge is -2.24. The number of rotatable bonds is 6. The molecule has 3 aromatic carbocycles. The smallest absolute Gasteiger partial charge is 0.351 e. The number of fused-ring (bicyclic) bond motifs is 3. The maximum Gasteiger partial charge on any atom is 0.441 e. The van der Waals surface area contributed by atoms with E-state index >= 15 is 0 Å². The molecule has 2 amide bonds. The lowest BCUT2D eigenvalue weighted by atomic mass is 9.98. The highest BCUT2D eigenvalue weighted by molar-refractivity contribution is 5.79. The third-order valence-corrected chi connectivity index (χ3v) is 6.83. The van der Waals surface area contributed by atoms with E-state index in [1.807, 2.05) is 54.6 Å². The van der Waals surface area contributed by atoms with E-state index in [0.717, 1.165) is 24.8 Å². The van der Waals surface area contributed by atoms with Crippen molar-refractivity contribution in [3.05, 3.63) is 95.6 Å². The summed E-state index contributed by atoms with van der Waals surface area (Å²) in [6.45, 7) is 1.25. The fraction of sp³-hybridized carbons (Fsp3) is 0.310. The molecule has 1 atom stereocenters. The third-order valence-electron chi connectivity index (χ3n) is 6.83. The molecule has 1 heterocycles. The molecule has 0 saturated carbocycles. The summed E-state index contributed by atoms with van der Waals surface area (Å²) in [5.41, 5.74) is 5.73. The number of nitrogens with zero attached hydrogens (tertiary/aromatic N) is 1. The molecule has 1 saturated heterocycles. The molecule has 180 valence electrons. The molecule has 1 aliphatic heterocycles. The van der Waals surface area contributed by atoms with Crippen LogP contribution >= 0.6 is 0 Å². The van der Waals surface area contributed by atoms with Gasteiger partial charge in [-0.3, -0.25) is 9.68 Å². The fourth-order valence-corrected chi connectivity index (χ4v) is 5.13.